The molecule has 0 unspecified atom stereocenters. The number of nitrogens with two attached hydrogens (primary N) is 1. The van der Waals surface area contributed by atoms with Crippen LogP contribution in [0.25, 0.3) is 0 Å². The minimum absolute atomic E-state index is 0.0167. The molecule has 1 aromatic rings. The number of hydrogen-bond donors (Lipinski definition) is 2. The first kappa shape index (κ1) is 15.7. The van der Waals surface area contributed by atoms with Crippen molar-refractivity contribution in [3.8, 4) is 0 Å². The number of sulfone groups is 1. The summed E-state index contributed by atoms with van der Waals surface area (Å²) in [7, 11) is -3.00. The molecule has 116 valence electrons. The number of anilines is 1. The third-order valence-electron chi connectivity index (χ3n) is 3.46. The summed E-state index contributed by atoms with van der Waals surface area (Å²) >= 11 is 0. The Hall–Kier alpha value is -1.67. The zero-order valence-electron chi connectivity index (χ0n) is 12.2. The number of nitrogens with one attached hydrogen (secondary N) is 1. The number of rotatable bonds is 3. The molecule has 1 fully saturated rings. The minimum atomic E-state index is -3.00. The van der Waals surface area contributed by atoms with Crippen LogP contribution in [0.2, 0.25) is 0 Å². The molecule has 8 heteroatoms. The van der Waals surface area contributed by atoms with Gasteiger partial charge in [-0.25, -0.2) is 19.2 Å². The largest absolute Gasteiger partial charge is 0.337 e. The van der Waals surface area contributed by atoms with E-state index in [-0.39, 0.29) is 36.4 Å². The van der Waals surface area contributed by atoms with Crippen LogP contribution in [-0.4, -0.2) is 48.8 Å². The summed E-state index contributed by atoms with van der Waals surface area (Å²) in [6.45, 7) is 4.41. The van der Waals surface area contributed by atoms with Crippen molar-refractivity contribution in [1.29, 1.82) is 0 Å². The van der Waals surface area contributed by atoms with Crippen molar-refractivity contribution in [2.24, 2.45) is 5.84 Å². The van der Waals surface area contributed by atoms with Gasteiger partial charge in [0.15, 0.2) is 9.84 Å². The molecule has 0 atom stereocenters. The van der Waals surface area contributed by atoms with Gasteiger partial charge < -0.3 is 10.3 Å². The van der Waals surface area contributed by atoms with Gasteiger partial charge in [0, 0.05) is 24.3 Å². The summed E-state index contributed by atoms with van der Waals surface area (Å²) in [5.74, 6) is 5.81. The quantitative estimate of drug-likeness (QED) is 0.617. The van der Waals surface area contributed by atoms with Crippen LogP contribution in [0.1, 0.15) is 35.8 Å². The third kappa shape index (κ3) is 3.70. The molecule has 1 amide bonds. The smallest absolute Gasteiger partial charge is 0.254 e. The molecule has 1 aliphatic rings. The van der Waals surface area contributed by atoms with Crippen LogP contribution in [0.4, 0.5) is 5.82 Å². The number of pyridine rings is 1. The molecule has 2 heterocycles. The highest BCUT2D eigenvalue weighted by Gasteiger charge is 2.26. The van der Waals surface area contributed by atoms with Crippen LogP contribution < -0.4 is 11.3 Å². The molecular formula is C13H20N4O3S. The fourth-order valence-electron chi connectivity index (χ4n) is 2.14. The molecule has 0 aromatic carbocycles. The summed E-state index contributed by atoms with van der Waals surface area (Å²) in [6.07, 6.45) is 0. The maximum absolute atomic E-state index is 12.5. The van der Waals surface area contributed by atoms with Gasteiger partial charge in [-0.1, -0.05) is 13.8 Å². The third-order valence-corrected chi connectivity index (χ3v) is 5.07. The van der Waals surface area contributed by atoms with E-state index in [4.69, 9.17) is 5.84 Å². The summed E-state index contributed by atoms with van der Waals surface area (Å²) in [6, 6.07) is 3.31. The van der Waals surface area contributed by atoms with Gasteiger partial charge in [0.25, 0.3) is 5.91 Å². The summed E-state index contributed by atoms with van der Waals surface area (Å²) in [4.78, 5) is 18.3. The van der Waals surface area contributed by atoms with Crippen molar-refractivity contribution in [2.45, 2.75) is 19.8 Å². The molecule has 0 aliphatic carbocycles. The average molecular weight is 312 g/mol. The molecule has 3 N–H and O–H groups in total. The number of nitrogen functional groups attached to an aromatic ring is 1. The summed E-state index contributed by atoms with van der Waals surface area (Å²) in [5, 5.41) is 0. The molecule has 7 nitrogen and oxygen atoms in total. The molecule has 21 heavy (non-hydrogen) atoms. The summed E-state index contributed by atoms with van der Waals surface area (Å²) in [5.41, 5.74) is 3.69. The Morgan fingerprint density at radius 2 is 1.95 bits per heavy atom. The van der Waals surface area contributed by atoms with Crippen molar-refractivity contribution in [3.63, 3.8) is 0 Å². The first-order valence-corrected chi connectivity index (χ1v) is 8.63. The Kier molecular flexibility index (Phi) is 4.48. The molecular weight excluding hydrogens is 292 g/mol. The molecule has 0 radical (unpaired) electrons. The Balaban J connectivity index is 2.25. The first-order chi connectivity index (χ1) is 9.82. The lowest BCUT2D eigenvalue weighted by Gasteiger charge is -2.27. The van der Waals surface area contributed by atoms with E-state index in [2.05, 4.69) is 10.4 Å². The first-order valence-electron chi connectivity index (χ1n) is 6.80. The van der Waals surface area contributed by atoms with Gasteiger partial charge in [-0.15, -0.1) is 0 Å². The van der Waals surface area contributed by atoms with Crippen molar-refractivity contribution in [3.05, 3.63) is 23.4 Å². The number of aromatic nitrogens is 1. The van der Waals surface area contributed by atoms with Crippen LogP contribution in [0, 0.1) is 0 Å². The highest BCUT2D eigenvalue weighted by Crippen LogP contribution is 2.19. The molecule has 0 saturated carbocycles. The molecule has 1 saturated heterocycles. The van der Waals surface area contributed by atoms with Gasteiger partial charge in [0.2, 0.25) is 0 Å². The van der Waals surface area contributed by atoms with E-state index in [1.165, 1.54) is 0 Å². The van der Waals surface area contributed by atoms with Crippen molar-refractivity contribution in [1.82, 2.24) is 9.88 Å². The Morgan fingerprint density at radius 3 is 2.48 bits per heavy atom. The fraction of sp³-hybridized carbons (Fsp3) is 0.538. The lowest BCUT2D eigenvalue weighted by Crippen LogP contribution is -2.43. The van der Waals surface area contributed by atoms with E-state index in [0.29, 0.717) is 11.4 Å². The standard InChI is InChI=1S/C13H20N4O3S/c1-9(2)11-7-10(8-12(15-11)16-14)13(18)17-3-5-21(19,20)6-4-17/h7-9H,3-6,14H2,1-2H3,(H,15,16). The number of hydrazine groups is 1. The monoisotopic (exact) mass is 312 g/mol. The van der Waals surface area contributed by atoms with Crippen molar-refractivity contribution >= 4 is 21.6 Å². The summed E-state index contributed by atoms with van der Waals surface area (Å²) < 4.78 is 22.8. The Bertz CT molecular complexity index is 629. The fourth-order valence-corrected chi connectivity index (χ4v) is 3.34. The van der Waals surface area contributed by atoms with E-state index >= 15 is 0 Å². The zero-order chi connectivity index (χ0) is 15.6. The predicted octanol–water partition coefficient (Wildman–Crippen LogP) is 0.361. The molecule has 1 aromatic heterocycles. The van der Waals surface area contributed by atoms with Crippen LogP contribution in [0.3, 0.4) is 0 Å². The van der Waals surface area contributed by atoms with Crippen molar-refractivity contribution < 1.29 is 13.2 Å². The van der Waals surface area contributed by atoms with Gasteiger partial charge in [0.05, 0.1) is 11.5 Å². The Morgan fingerprint density at radius 1 is 1.33 bits per heavy atom. The van der Waals surface area contributed by atoms with Crippen LogP contribution in [0.5, 0.6) is 0 Å². The van der Waals surface area contributed by atoms with Crippen LogP contribution in [-0.2, 0) is 9.84 Å². The van der Waals surface area contributed by atoms with E-state index in [1.54, 1.807) is 17.0 Å². The Labute approximate surface area is 124 Å². The van der Waals surface area contributed by atoms with E-state index in [0.717, 1.165) is 5.69 Å². The molecule has 0 bridgehead atoms. The van der Waals surface area contributed by atoms with E-state index < -0.39 is 9.84 Å². The van der Waals surface area contributed by atoms with E-state index in [9.17, 15) is 13.2 Å². The van der Waals surface area contributed by atoms with Gasteiger partial charge in [0.1, 0.15) is 5.82 Å². The predicted molar refractivity (Wildman–Crippen MR) is 80.7 cm³/mol. The van der Waals surface area contributed by atoms with Crippen molar-refractivity contribution in [2.75, 3.05) is 30.0 Å². The highest BCUT2D eigenvalue weighted by atomic mass is 32.2. The number of carbonyl (C=O) groups excluding carboxylic acids is 1. The lowest BCUT2D eigenvalue weighted by molar-refractivity contribution is 0.0770. The van der Waals surface area contributed by atoms with Gasteiger partial charge >= 0.3 is 0 Å². The SMILES string of the molecule is CC(C)c1cc(C(=O)N2CCS(=O)(=O)CC2)cc(NN)n1. The van der Waals surface area contributed by atoms with Gasteiger partial charge in [-0.3, -0.25) is 4.79 Å². The number of carbonyl (C=O) groups is 1. The second kappa shape index (κ2) is 5.98. The maximum atomic E-state index is 12.5. The second-order valence-electron chi connectivity index (χ2n) is 5.41. The molecule has 2 rings (SSSR count). The normalized spacial score (nSPS) is 17.8. The highest BCUT2D eigenvalue weighted by molar-refractivity contribution is 7.91. The maximum Gasteiger partial charge on any atom is 0.254 e. The van der Waals surface area contributed by atoms with Gasteiger partial charge in [-0.05, 0) is 18.1 Å². The number of nitrogens with zero attached hydrogens (tertiary/aromatic N) is 2. The second-order valence-corrected chi connectivity index (χ2v) is 7.71. The lowest BCUT2D eigenvalue weighted by atomic mass is 10.1. The minimum Gasteiger partial charge on any atom is -0.337 e. The number of hydrogen-bond acceptors (Lipinski definition) is 6. The van der Waals surface area contributed by atoms with Crippen LogP contribution >= 0.6 is 0 Å². The molecule has 0 spiro atoms. The molecule has 1 aliphatic heterocycles. The average Bonchev–Trinajstić information content (AvgIpc) is 2.46. The van der Waals surface area contributed by atoms with E-state index in [1.807, 2.05) is 13.8 Å². The number of amides is 1. The topological polar surface area (TPSA) is 105 Å². The van der Waals surface area contributed by atoms with Gasteiger partial charge in [-0.2, -0.15) is 0 Å². The van der Waals surface area contributed by atoms with Crippen LogP contribution in [0.15, 0.2) is 12.1 Å². The zero-order valence-corrected chi connectivity index (χ0v) is 13.0.